The van der Waals surface area contributed by atoms with Crippen molar-refractivity contribution in [3.8, 4) is 5.75 Å². The summed E-state index contributed by atoms with van der Waals surface area (Å²) in [5.74, 6) is -0.515. The number of rotatable bonds is 4. The quantitative estimate of drug-likeness (QED) is 0.885. The van der Waals surface area contributed by atoms with Gasteiger partial charge in [-0.1, -0.05) is 36.4 Å². The molecule has 0 radical (unpaired) electrons. The van der Waals surface area contributed by atoms with Gasteiger partial charge in [0.2, 0.25) is 5.91 Å². The van der Waals surface area contributed by atoms with E-state index in [0.29, 0.717) is 11.1 Å². The second-order valence-corrected chi connectivity index (χ2v) is 4.17. The molecule has 19 heavy (non-hydrogen) atoms. The summed E-state index contributed by atoms with van der Waals surface area (Å²) in [6.45, 7) is 0.138. The molecule has 0 aromatic heterocycles. The molecule has 98 valence electrons. The van der Waals surface area contributed by atoms with Crippen molar-refractivity contribution < 1.29 is 14.3 Å². The Morgan fingerprint density at radius 2 is 1.68 bits per heavy atom. The Kier molecular flexibility index (Phi) is 4.13. The van der Waals surface area contributed by atoms with Gasteiger partial charge in [0.1, 0.15) is 11.6 Å². The van der Waals surface area contributed by atoms with Crippen LogP contribution >= 0.6 is 0 Å². The number of halogens is 1. The summed E-state index contributed by atoms with van der Waals surface area (Å²) in [6, 6.07) is 12.9. The standard InChI is InChI=1S/C15H14FNO2/c16-13-7-3-1-6-12(13)10-17-15(19)9-11-5-2-4-8-14(11)18/h1-8,18H,9-10H2,(H,17,19). The van der Waals surface area contributed by atoms with Crippen molar-refractivity contribution in [3.05, 3.63) is 65.5 Å². The highest BCUT2D eigenvalue weighted by atomic mass is 19.1. The van der Waals surface area contributed by atoms with E-state index in [1.54, 1.807) is 36.4 Å². The van der Waals surface area contributed by atoms with Crippen molar-refractivity contribution in [2.45, 2.75) is 13.0 Å². The molecule has 0 bridgehead atoms. The third-order valence-electron chi connectivity index (χ3n) is 2.78. The number of para-hydroxylation sites is 1. The Morgan fingerprint density at radius 1 is 1.05 bits per heavy atom. The Morgan fingerprint density at radius 3 is 2.37 bits per heavy atom. The van der Waals surface area contributed by atoms with E-state index >= 15 is 0 Å². The Balaban J connectivity index is 1.92. The van der Waals surface area contributed by atoms with Crippen molar-refractivity contribution >= 4 is 5.91 Å². The van der Waals surface area contributed by atoms with Crippen LogP contribution in [0.3, 0.4) is 0 Å². The van der Waals surface area contributed by atoms with Gasteiger partial charge >= 0.3 is 0 Å². The molecule has 0 unspecified atom stereocenters. The monoisotopic (exact) mass is 259 g/mol. The molecule has 2 rings (SSSR count). The van der Waals surface area contributed by atoms with E-state index in [4.69, 9.17) is 0 Å². The van der Waals surface area contributed by atoms with Crippen LogP contribution in [-0.4, -0.2) is 11.0 Å². The normalized spacial score (nSPS) is 10.2. The number of aromatic hydroxyl groups is 1. The van der Waals surface area contributed by atoms with Crippen molar-refractivity contribution in [2.75, 3.05) is 0 Å². The van der Waals surface area contributed by atoms with Gasteiger partial charge in [-0.05, 0) is 12.1 Å². The molecule has 3 nitrogen and oxygen atoms in total. The third kappa shape index (κ3) is 3.55. The topological polar surface area (TPSA) is 49.3 Å². The first-order valence-electron chi connectivity index (χ1n) is 5.94. The maximum atomic E-state index is 13.3. The van der Waals surface area contributed by atoms with E-state index in [1.807, 2.05) is 0 Å². The maximum Gasteiger partial charge on any atom is 0.224 e. The van der Waals surface area contributed by atoms with E-state index in [2.05, 4.69) is 5.32 Å². The van der Waals surface area contributed by atoms with Gasteiger partial charge in [-0.3, -0.25) is 4.79 Å². The molecule has 0 saturated heterocycles. The number of phenols is 1. The highest BCUT2D eigenvalue weighted by Gasteiger charge is 2.08. The third-order valence-corrected chi connectivity index (χ3v) is 2.78. The highest BCUT2D eigenvalue weighted by Crippen LogP contribution is 2.16. The Bertz CT molecular complexity index is 584. The summed E-state index contributed by atoms with van der Waals surface area (Å²) in [5, 5.41) is 12.2. The molecule has 2 aromatic carbocycles. The van der Waals surface area contributed by atoms with Crippen LogP contribution in [0.15, 0.2) is 48.5 Å². The number of nitrogens with one attached hydrogen (secondary N) is 1. The van der Waals surface area contributed by atoms with Crippen LogP contribution in [0, 0.1) is 5.82 Å². The smallest absolute Gasteiger partial charge is 0.224 e. The van der Waals surface area contributed by atoms with Gasteiger partial charge in [0.15, 0.2) is 0 Å². The van der Waals surface area contributed by atoms with Gasteiger partial charge in [-0.2, -0.15) is 0 Å². The number of benzene rings is 2. The number of carbonyl (C=O) groups is 1. The SMILES string of the molecule is O=C(Cc1ccccc1O)NCc1ccccc1F. The van der Waals surface area contributed by atoms with Crippen LogP contribution in [0.25, 0.3) is 0 Å². The molecule has 1 amide bonds. The summed E-state index contributed by atoms with van der Waals surface area (Å²) >= 11 is 0. The second-order valence-electron chi connectivity index (χ2n) is 4.17. The molecule has 2 aromatic rings. The first-order valence-corrected chi connectivity index (χ1v) is 5.94. The maximum absolute atomic E-state index is 13.3. The highest BCUT2D eigenvalue weighted by molar-refractivity contribution is 5.79. The van der Waals surface area contributed by atoms with E-state index in [1.165, 1.54) is 12.1 Å². The van der Waals surface area contributed by atoms with Crippen molar-refractivity contribution in [2.24, 2.45) is 0 Å². The van der Waals surface area contributed by atoms with Crippen LogP contribution in [-0.2, 0) is 17.8 Å². The van der Waals surface area contributed by atoms with Crippen LogP contribution in [0.2, 0.25) is 0 Å². The lowest BCUT2D eigenvalue weighted by molar-refractivity contribution is -0.120. The van der Waals surface area contributed by atoms with Crippen LogP contribution in [0.4, 0.5) is 4.39 Å². The molecule has 0 fully saturated rings. The van der Waals surface area contributed by atoms with Crippen molar-refractivity contribution in [1.82, 2.24) is 5.32 Å². The molecule has 0 aliphatic rings. The number of amides is 1. The fourth-order valence-corrected chi connectivity index (χ4v) is 1.73. The summed E-state index contributed by atoms with van der Waals surface area (Å²) in [5.41, 5.74) is 0.988. The molecule has 0 atom stereocenters. The number of carbonyl (C=O) groups excluding carboxylic acids is 1. The lowest BCUT2D eigenvalue weighted by atomic mass is 10.1. The van der Waals surface area contributed by atoms with E-state index < -0.39 is 0 Å². The lowest BCUT2D eigenvalue weighted by Gasteiger charge is -2.07. The molecule has 0 aliphatic heterocycles. The summed E-state index contributed by atoms with van der Waals surface area (Å²) in [7, 11) is 0. The molecule has 4 heteroatoms. The summed E-state index contributed by atoms with van der Waals surface area (Å²) < 4.78 is 13.3. The summed E-state index contributed by atoms with van der Waals surface area (Å²) in [6.07, 6.45) is 0.0706. The number of phenolic OH excluding ortho intramolecular Hbond substituents is 1. The zero-order chi connectivity index (χ0) is 13.7. The first-order chi connectivity index (χ1) is 9.16. The van der Waals surface area contributed by atoms with Gasteiger partial charge < -0.3 is 10.4 Å². The Labute approximate surface area is 110 Å². The van der Waals surface area contributed by atoms with E-state index in [-0.39, 0.29) is 30.4 Å². The largest absolute Gasteiger partial charge is 0.508 e. The second kappa shape index (κ2) is 6.00. The van der Waals surface area contributed by atoms with Crippen LogP contribution < -0.4 is 5.32 Å². The summed E-state index contributed by atoms with van der Waals surface area (Å²) in [4.78, 5) is 11.7. The lowest BCUT2D eigenvalue weighted by Crippen LogP contribution is -2.25. The molecule has 0 saturated carbocycles. The average Bonchev–Trinajstić information content (AvgIpc) is 2.40. The van der Waals surface area contributed by atoms with Gasteiger partial charge in [-0.25, -0.2) is 4.39 Å². The predicted octanol–water partition coefficient (Wildman–Crippen LogP) is 2.39. The zero-order valence-corrected chi connectivity index (χ0v) is 10.3. The fourth-order valence-electron chi connectivity index (χ4n) is 1.73. The molecule has 2 N–H and O–H groups in total. The number of hydrogen-bond acceptors (Lipinski definition) is 2. The zero-order valence-electron chi connectivity index (χ0n) is 10.3. The first kappa shape index (κ1) is 13.1. The molecular formula is C15H14FNO2. The van der Waals surface area contributed by atoms with Gasteiger partial charge in [0.25, 0.3) is 0 Å². The van der Waals surface area contributed by atoms with Gasteiger partial charge in [0, 0.05) is 17.7 Å². The number of hydrogen-bond donors (Lipinski definition) is 2. The molecule has 0 heterocycles. The van der Waals surface area contributed by atoms with Crippen LogP contribution in [0.1, 0.15) is 11.1 Å². The minimum atomic E-state index is -0.342. The minimum absolute atomic E-state index is 0.0706. The van der Waals surface area contributed by atoms with Crippen molar-refractivity contribution in [3.63, 3.8) is 0 Å². The fraction of sp³-hybridized carbons (Fsp3) is 0.133. The van der Waals surface area contributed by atoms with Gasteiger partial charge in [0.05, 0.1) is 6.42 Å². The van der Waals surface area contributed by atoms with E-state index in [9.17, 15) is 14.3 Å². The predicted molar refractivity (Wildman–Crippen MR) is 70.1 cm³/mol. The van der Waals surface area contributed by atoms with Gasteiger partial charge in [-0.15, -0.1) is 0 Å². The van der Waals surface area contributed by atoms with E-state index in [0.717, 1.165) is 0 Å². The van der Waals surface area contributed by atoms with Crippen LogP contribution in [0.5, 0.6) is 5.75 Å². The molecular weight excluding hydrogens is 245 g/mol. The van der Waals surface area contributed by atoms with Crippen molar-refractivity contribution in [1.29, 1.82) is 0 Å². The minimum Gasteiger partial charge on any atom is -0.508 e. The molecule has 0 aliphatic carbocycles. The molecule has 0 spiro atoms. The average molecular weight is 259 g/mol. The Hall–Kier alpha value is -2.36.